The third-order valence-corrected chi connectivity index (χ3v) is 5.69. The summed E-state index contributed by atoms with van der Waals surface area (Å²) in [5, 5.41) is 4.31. The summed E-state index contributed by atoms with van der Waals surface area (Å²) in [6, 6.07) is 29.4. The van der Waals surface area contributed by atoms with Gasteiger partial charge in [-0.3, -0.25) is 4.79 Å². The average molecular weight is 411 g/mol. The molecule has 1 N–H and O–H groups in total. The van der Waals surface area contributed by atoms with Crippen molar-refractivity contribution < 1.29 is 4.79 Å². The molecule has 1 heterocycles. The minimum atomic E-state index is 0.00952. The molecule has 0 saturated carbocycles. The van der Waals surface area contributed by atoms with E-state index in [9.17, 15) is 4.79 Å². The normalized spacial score (nSPS) is 12.2. The molecule has 0 aliphatic heterocycles. The van der Waals surface area contributed by atoms with Crippen LogP contribution in [0.3, 0.4) is 0 Å². The molecule has 3 heteroatoms. The van der Waals surface area contributed by atoms with Crippen molar-refractivity contribution in [3.05, 3.63) is 108 Å². The molecule has 1 amide bonds. The van der Waals surface area contributed by atoms with Gasteiger partial charge in [-0.25, -0.2) is 0 Å². The lowest BCUT2D eigenvalue weighted by Gasteiger charge is -2.18. The number of hydrogen-bond acceptors (Lipinski definition) is 1. The van der Waals surface area contributed by atoms with Gasteiger partial charge >= 0.3 is 0 Å². The predicted octanol–water partition coefficient (Wildman–Crippen LogP) is 5.98. The molecule has 4 aromatic rings. The number of benzene rings is 3. The summed E-state index contributed by atoms with van der Waals surface area (Å²) in [6.07, 6.45) is 2.68. The Labute approximate surface area is 184 Å². The number of rotatable bonds is 8. The molecule has 1 atom stereocenters. The monoisotopic (exact) mass is 410 g/mol. The van der Waals surface area contributed by atoms with Gasteiger partial charge in [0, 0.05) is 42.5 Å². The summed E-state index contributed by atoms with van der Waals surface area (Å²) < 4.78 is 2.31. The predicted molar refractivity (Wildman–Crippen MR) is 128 cm³/mol. The fraction of sp³-hybridized carbons (Fsp3) is 0.250. The zero-order chi connectivity index (χ0) is 21.6. The van der Waals surface area contributed by atoms with Crippen LogP contribution in [-0.2, 0) is 11.3 Å². The topological polar surface area (TPSA) is 34.0 Å². The average Bonchev–Trinajstić information content (AvgIpc) is 3.15. The molecule has 0 radical (unpaired) electrons. The van der Waals surface area contributed by atoms with E-state index in [0.29, 0.717) is 18.9 Å². The van der Waals surface area contributed by atoms with Crippen molar-refractivity contribution in [3.8, 4) is 0 Å². The lowest BCUT2D eigenvalue weighted by molar-refractivity contribution is -0.121. The summed E-state index contributed by atoms with van der Waals surface area (Å²) in [4.78, 5) is 12.8. The van der Waals surface area contributed by atoms with Crippen LogP contribution >= 0.6 is 0 Å². The van der Waals surface area contributed by atoms with E-state index in [4.69, 9.17) is 0 Å². The van der Waals surface area contributed by atoms with Crippen molar-refractivity contribution in [2.24, 2.45) is 5.92 Å². The van der Waals surface area contributed by atoms with Gasteiger partial charge in [-0.1, -0.05) is 92.7 Å². The van der Waals surface area contributed by atoms with Gasteiger partial charge in [-0.2, -0.15) is 0 Å². The molecule has 0 aliphatic carbocycles. The van der Waals surface area contributed by atoms with Gasteiger partial charge in [0.25, 0.3) is 0 Å². The van der Waals surface area contributed by atoms with Crippen LogP contribution < -0.4 is 5.32 Å². The molecule has 0 saturated heterocycles. The second-order valence-electron chi connectivity index (χ2n) is 8.58. The van der Waals surface area contributed by atoms with Crippen molar-refractivity contribution in [1.29, 1.82) is 0 Å². The minimum Gasteiger partial charge on any atom is -0.356 e. The number of carbonyl (C=O) groups excluding carboxylic acids is 1. The van der Waals surface area contributed by atoms with Crippen LogP contribution in [0.4, 0.5) is 0 Å². The quantitative estimate of drug-likeness (QED) is 0.381. The smallest absolute Gasteiger partial charge is 0.220 e. The summed E-state index contributed by atoms with van der Waals surface area (Å²) >= 11 is 0. The SMILES string of the molecule is CC(C)CNC(=O)CC(c1ccccc1)c1cn(Cc2ccccc2)c2ccccc12. The Morgan fingerprint density at radius 2 is 1.52 bits per heavy atom. The Morgan fingerprint density at radius 3 is 2.23 bits per heavy atom. The first-order valence-electron chi connectivity index (χ1n) is 11.0. The first-order valence-corrected chi connectivity index (χ1v) is 11.0. The van der Waals surface area contributed by atoms with E-state index in [-0.39, 0.29) is 11.8 Å². The molecule has 1 aromatic heterocycles. The van der Waals surface area contributed by atoms with Gasteiger partial charge < -0.3 is 9.88 Å². The number of amides is 1. The zero-order valence-electron chi connectivity index (χ0n) is 18.3. The maximum atomic E-state index is 12.8. The third-order valence-electron chi connectivity index (χ3n) is 5.69. The van der Waals surface area contributed by atoms with Gasteiger partial charge in [-0.05, 0) is 28.7 Å². The van der Waals surface area contributed by atoms with Gasteiger partial charge in [0.15, 0.2) is 0 Å². The van der Waals surface area contributed by atoms with E-state index >= 15 is 0 Å². The Kier molecular flexibility index (Phi) is 6.51. The van der Waals surface area contributed by atoms with Gasteiger partial charge in [-0.15, -0.1) is 0 Å². The van der Waals surface area contributed by atoms with E-state index < -0.39 is 0 Å². The summed E-state index contributed by atoms with van der Waals surface area (Å²) in [5.74, 6) is 0.546. The highest BCUT2D eigenvalue weighted by Crippen LogP contribution is 2.35. The maximum absolute atomic E-state index is 12.8. The third kappa shape index (κ3) is 5.05. The highest BCUT2D eigenvalue weighted by atomic mass is 16.1. The van der Waals surface area contributed by atoms with Crippen LogP contribution in [0.25, 0.3) is 10.9 Å². The van der Waals surface area contributed by atoms with E-state index in [1.807, 2.05) is 12.1 Å². The molecular formula is C28H30N2O. The standard InChI is InChI=1S/C28H30N2O/c1-21(2)18-29-28(31)17-25(23-13-7-4-8-14-23)26-20-30(19-22-11-5-3-6-12-22)27-16-10-9-15-24(26)27/h3-16,20-21,25H,17-19H2,1-2H3,(H,29,31). The van der Waals surface area contributed by atoms with Gasteiger partial charge in [0.2, 0.25) is 5.91 Å². The van der Waals surface area contributed by atoms with E-state index in [1.54, 1.807) is 0 Å². The number of hydrogen-bond donors (Lipinski definition) is 1. The van der Waals surface area contributed by atoms with E-state index in [0.717, 1.165) is 6.54 Å². The molecule has 0 spiro atoms. The Hall–Kier alpha value is -3.33. The van der Waals surface area contributed by atoms with Crippen molar-refractivity contribution >= 4 is 16.8 Å². The molecule has 0 aliphatic rings. The van der Waals surface area contributed by atoms with Crippen molar-refractivity contribution in [1.82, 2.24) is 9.88 Å². The maximum Gasteiger partial charge on any atom is 0.220 e. The molecule has 158 valence electrons. The van der Waals surface area contributed by atoms with Crippen LogP contribution in [-0.4, -0.2) is 17.0 Å². The fourth-order valence-corrected chi connectivity index (χ4v) is 4.13. The van der Waals surface area contributed by atoms with E-state index in [1.165, 1.54) is 27.6 Å². The second-order valence-corrected chi connectivity index (χ2v) is 8.58. The molecular weight excluding hydrogens is 380 g/mol. The van der Waals surface area contributed by atoms with Crippen LogP contribution in [0.1, 0.15) is 42.9 Å². The largest absolute Gasteiger partial charge is 0.356 e. The lowest BCUT2D eigenvalue weighted by atomic mass is 9.88. The zero-order valence-corrected chi connectivity index (χ0v) is 18.3. The summed E-state index contributed by atoms with van der Waals surface area (Å²) in [5.41, 5.74) is 4.84. The molecule has 1 unspecified atom stereocenters. The first-order chi connectivity index (χ1) is 15.1. The van der Waals surface area contributed by atoms with Crippen LogP contribution in [0, 0.1) is 5.92 Å². The number of aromatic nitrogens is 1. The van der Waals surface area contributed by atoms with Crippen molar-refractivity contribution in [2.45, 2.75) is 32.7 Å². The number of nitrogens with zero attached hydrogens (tertiary/aromatic N) is 1. The molecule has 31 heavy (non-hydrogen) atoms. The van der Waals surface area contributed by atoms with Crippen molar-refractivity contribution in [2.75, 3.05) is 6.54 Å². The van der Waals surface area contributed by atoms with Crippen LogP contribution in [0.2, 0.25) is 0 Å². The summed E-state index contributed by atoms with van der Waals surface area (Å²) in [7, 11) is 0. The molecule has 0 fully saturated rings. The van der Waals surface area contributed by atoms with Gasteiger partial charge in [0.05, 0.1) is 0 Å². The lowest BCUT2D eigenvalue weighted by Crippen LogP contribution is -2.28. The minimum absolute atomic E-state index is 0.00952. The van der Waals surface area contributed by atoms with Gasteiger partial charge in [0.1, 0.15) is 0 Å². The van der Waals surface area contributed by atoms with Crippen molar-refractivity contribution in [3.63, 3.8) is 0 Å². The first kappa shape index (κ1) is 20.9. The molecule has 3 nitrogen and oxygen atoms in total. The van der Waals surface area contributed by atoms with E-state index in [2.05, 4.69) is 103 Å². The number of fused-ring (bicyclic) bond motifs is 1. The highest BCUT2D eigenvalue weighted by Gasteiger charge is 2.22. The Bertz CT molecular complexity index is 1130. The van der Waals surface area contributed by atoms with Crippen LogP contribution in [0.5, 0.6) is 0 Å². The number of para-hydroxylation sites is 1. The Morgan fingerprint density at radius 1 is 0.871 bits per heavy atom. The molecule has 0 bridgehead atoms. The molecule has 3 aromatic carbocycles. The van der Waals surface area contributed by atoms with Crippen LogP contribution in [0.15, 0.2) is 91.1 Å². The second kappa shape index (κ2) is 9.65. The molecule has 4 rings (SSSR count). The highest BCUT2D eigenvalue weighted by molar-refractivity contribution is 5.86. The Balaban J connectivity index is 1.74. The number of carbonyl (C=O) groups is 1. The number of nitrogens with one attached hydrogen (secondary N) is 1. The summed E-state index contributed by atoms with van der Waals surface area (Å²) in [6.45, 7) is 5.75. The fourth-order valence-electron chi connectivity index (χ4n) is 4.13.